The van der Waals surface area contributed by atoms with E-state index in [1.807, 2.05) is 42.5 Å². The van der Waals surface area contributed by atoms with E-state index in [0.717, 1.165) is 5.56 Å². The number of hydrogen-bond donors (Lipinski definition) is 2. The van der Waals surface area contributed by atoms with Crippen LogP contribution in [0.2, 0.25) is 0 Å². The number of nitrogens with two attached hydrogens (primary N) is 1. The number of pyridine rings is 1. The number of rotatable bonds is 4. The first-order chi connectivity index (χ1) is 12.6. The molecule has 26 heavy (non-hydrogen) atoms. The van der Waals surface area contributed by atoms with Gasteiger partial charge in [0.05, 0.1) is 16.6 Å². The fourth-order valence-corrected chi connectivity index (χ4v) is 3.04. The molecule has 4 rings (SSSR count). The van der Waals surface area contributed by atoms with Gasteiger partial charge in [0.15, 0.2) is 0 Å². The molecule has 5 nitrogen and oxygen atoms in total. The van der Waals surface area contributed by atoms with Crippen LogP contribution in [0.25, 0.3) is 21.8 Å². The van der Waals surface area contributed by atoms with Crippen molar-refractivity contribution in [1.82, 2.24) is 4.98 Å². The van der Waals surface area contributed by atoms with Crippen LogP contribution in [0.1, 0.15) is 15.9 Å². The van der Waals surface area contributed by atoms with Gasteiger partial charge in [0, 0.05) is 22.5 Å². The van der Waals surface area contributed by atoms with Crippen molar-refractivity contribution in [3.8, 4) is 5.75 Å². The Morgan fingerprint density at radius 1 is 0.962 bits per heavy atom. The zero-order chi connectivity index (χ0) is 18.1. The van der Waals surface area contributed by atoms with Gasteiger partial charge in [0.1, 0.15) is 12.4 Å². The van der Waals surface area contributed by atoms with Crippen LogP contribution in [0.3, 0.4) is 0 Å². The van der Waals surface area contributed by atoms with Crippen molar-refractivity contribution in [1.29, 1.82) is 0 Å². The summed E-state index contributed by atoms with van der Waals surface area (Å²) in [6, 6.07) is 20.0. The van der Waals surface area contributed by atoms with Crippen molar-refractivity contribution in [2.45, 2.75) is 6.61 Å². The standard InChI is InChI=1S/C21H16N2O3/c22-14-5-3-4-13(10-14)12-26-15-8-9-17-19(11-15)23-18-7-2-1-6-16(18)20(17)21(24)25/h1-11H,12,22H2,(H,24,25). The van der Waals surface area contributed by atoms with Gasteiger partial charge in [-0.05, 0) is 35.9 Å². The second kappa shape index (κ2) is 6.37. The van der Waals surface area contributed by atoms with E-state index in [1.165, 1.54) is 0 Å². The third-order valence-electron chi connectivity index (χ3n) is 4.22. The topological polar surface area (TPSA) is 85.4 Å². The molecule has 0 aliphatic rings. The summed E-state index contributed by atoms with van der Waals surface area (Å²) in [6.07, 6.45) is 0. The minimum Gasteiger partial charge on any atom is -0.489 e. The Morgan fingerprint density at radius 2 is 1.77 bits per heavy atom. The number of benzene rings is 3. The lowest BCUT2D eigenvalue weighted by atomic mass is 10.0. The Kier molecular flexibility index (Phi) is 3.89. The molecular weight excluding hydrogens is 328 g/mol. The molecule has 0 bridgehead atoms. The number of aromatic nitrogens is 1. The van der Waals surface area contributed by atoms with Crippen molar-refractivity contribution in [3.63, 3.8) is 0 Å². The number of nitrogens with zero attached hydrogens (tertiary/aromatic N) is 1. The largest absolute Gasteiger partial charge is 0.489 e. The summed E-state index contributed by atoms with van der Waals surface area (Å²) < 4.78 is 5.82. The van der Waals surface area contributed by atoms with E-state index in [2.05, 4.69) is 4.98 Å². The van der Waals surface area contributed by atoms with Gasteiger partial charge < -0.3 is 15.6 Å². The third-order valence-corrected chi connectivity index (χ3v) is 4.22. The molecule has 0 atom stereocenters. The highest BCUT2D eigenvalue weighted by Crippen LogP contribution is 2.29. The normalized spacial score (nSPS) is 10.9. The minimum atomic E-state index is -0.970. The smallest absolute Gasteiger partial charge is 0.337 e. The number of carboxylic acids is 1. The van der Waals surface area contributed by atoms with Gasteiger partial charge in [-0.25, -0.2) is 9.78 Å². The van der Waals surface area contributed by atoms with E-state index in [0.29, 0.717) is 39.8 Å². The molecule has 1 heterocycles. The van der Waals surface area contributed by atoms with Gasteiger partial charge >= 0.3 is 5.97 Å². The highest BCUT2D eigenvalue weighted by molar-refractivity contribution is 6.13. The van der Waals surface area contributed by atoms with E-state index in [1.54, 1.807) is 24.3 Å². The second-order valence-corrected chi connectivity index (χ2v) is 6.02. The lowest BCUT2D eigenvalue weighted by Gasteiger charge is -2.10. The van der Waals surface area contributed by atoms with Gasteiger partial charge in [0.2, 0.25) is 0 Å². The molecule has 3 N–H and O–H groups in total. The molecule has 4 aromatic rings. The number of carboxylic acid groups (broad SMARTS) is 1. The lowest BCUT2D eigenvalue weighted by Crippen LogP contribution is -2.01. The summed E-state index contributed by atoms with van der Waals surface area (Å²) in [6.45, 7) is 0.371. The Hall–Kier alpha value is -3.60. The predicted molar refractivity (Wildman–Crippen MR) is 101 cm³/mol. The van der Waals surface area contributed by atoms with E-state index in [4.69, 9.17) is 10.5 Å². The van der Waals surface area contributed by atoms with Gasteiger partial charge in [-0.3, -0.25) is 0 Å². The van der Waals surface area contributed by atoms with E-state index in [-0.39, 0.29) is 5.56 Å². The molecule has 0 fully saturated rings. The molecule has 0 aliphatic carbocycles. The molecule has 0 spiro atoms. The molecule has 0 saturated heterocycles. The number of carbonyl (C=O) groups is 1. The Balaban J connectivity index is 1.75. The molecule has 128 valence electrons. The zero-order valence-corrected chi connectivity index (χ0v) is 13.8. The number of hydrogen-bond acceptors (Lipinski definition) is 4. The quantitative estimate of drug-likeness (QED) is 0.427. The molecule has 1 aromatic heterocycles. The second-order valence-electron chi connectivity index (χ2n) is 6.02. The van der Waals surface area contributed by atoms with Crippen molar-refractivity contribution >= 4 is 33.5 Å². The van der Waals surface area contributed by atoms with Crippen molar-refractivity contribution in [3.05, 3.63) is 77.9 Å². The molecule has 3 aromatic carbocycles. The van der Waals surface area contributed by atoms with Gasteiger partial charge in [-0.1, -0.05) is 30.3 Å². The predicted octanol–water partition coefficient (Wildman–Crippen LogP) is 4.25. The van der Waals surface area contributed by atoms with Gasteiger partial charge in [-0.2, -0.15) is 0 Å². The van der Waals surface area contributed by atoms with Crippen LogP contribution in [-0.4, -0.2) is 16.1 Å². The Morgan fingerprint density at radius 3 is 2.58 bits per heavy atom. The van der Waals surface area contributed by atoms with E-state index in [9.17, 15) is 9.90 Å². The summed E-state index contributed by atoms with van der Waals surface area (Å²) in [5.74, 6) is -0.346. The van der Waals surface area contributed by atoms with Crippen LogP contribution in [0.5, 0.6) is 5.75 Å². The molecule has 0 aliphatic heterocycles. The summed E-state index contributed by atoms with van der Waals surface area (Å²) >= 11 is 0. The molecule has 0 amide bonds. The average molecular weight is 344 g/mol. The summed E-state index contributed by atoms with van der Waals surface area (Å²) in [7, 11) is 0. The maximum atomic E-state index is 11.8. The fourth-order valence-electron chi connectivity index (χ4n) is 3.04. The first-order valence-electron chi connectivity index (χ1n) is 8.15. The molecular formula is C21H16N2O3. The Bertz CT molecular complexity index is 1140. The first-order valence-corrected chi connectivity index (χ1v) is 8.15. The van der Waals surface area contributed by atoms with Crippen LogP contribution in [0, 0.1) is 0 Å². The summed E-state index contributed by atoms with van der Waals surface area (Å²) in [4.78, 5) is 16.4. The molecule has 0 saturated carbocycles. The summed E-state index contributed by atoms with van der Waals surface area (Å²) in [5.41, 5.74) is 8.91. The van der Waals surface area contributed by atoms with Gasteiger partial charge in [-0.15, -0.1) is 0 Å². The van der Waals surface area contributed by atoms with E-state index < -0.39 is 5.97 Å². The molecule has 0 unspecified atom stereocenters. The van der Waals surface area contributed by atoms with Crippen molar-refractivity contribution in [2.75, 3.05) is 5.73 Å². The zero-order valence-electron chi connectivity index (χ0n) is 13.8. The Labute approximate surface area is 149 Å². The number of nitrogen functional groups attached to an aromatic ring is 1. The van der Waals surface area contributed by atoms with Crippen LogP contribution in [-0.2, 0) is 6.61 Å². The average Bonchev–Trinajstić information content (AvgIpc) is 2.64. The summed E-state index contributed by atoms with van der Waals surface area (Å²) in [5, 5.41) is 10.9. The van der Waals surface area contributed by atoms with Crippen LogP contribution < -0.4 is 10.5 Å². The van der Waals surface area contributed by atoms with Crippen molar-refractivity contribution < 1.29 is 14.6 Å². The minimum absolute atomic E-state index is 0.257. The number of anilines is 1. The SMILES string of the molecule is Nc1cccc(COc2ccc3c(C(=O)O)c4ccccc4nc3c2)c1. The highest BCUT2D eigenvalue weighted by Gasteiger charge is 2.15. The monoisotopic (exact) mass is 344 g/mol. The molecule has 0 radical (unpaired) electrons. The van der Waals surface area contributed by atoms with Gasteiger partial charge in [0.25, 0.3) is 0 Å². The number of ether oxygens (including phenoxy) is 1. The number of para-hydroxylation sites is 1. The number of fused-ring (bicyclic) bond motifs is 2. The lowest BCUT2D eigenvalue weighted by molar-refractivity contribution is 0.0701. The maximum Gasteiger partial charge on any atom is 0.337 e. The first kappa shape index (κ1) is 15.9. The van der Waals surface area contributed by atoms with Crippen LogP contribution in [0.4, 0.5) is 5.69 Å². The molecule has 5 heteroatoms. The van der Waals surface area contributed by atoms with E-state index >= 15 is 0 Å². The number of aromatic carboxylic acids is 1. The van der Waals surface area contributed by atoms with Crippen LogP contribution >= 0.6 is 0 Å². The van der Waals surface area contributed by atoms with Crippen molar-refractivity contribution in [2.24, 2.45) is 0 Å². The third kappa shape index (κ3) is 2.91. The maximum absolute atomic E-state index is 11.8. The van der Waals surface area contributed by atoms with Crippen LogP contribution in [0.15, 0.2) is 66.7 Å². The highest BCUT2D eigenvalue weighted by atomic mass is 16.5. The fraction of sp³-hybridized carbons (Fsp3) is 0.0476.